The molecule has 0 aromatic rings. The lowest BCUT2D eigenvalue weighted by atomic mass is 10.2. The molecule has 0 saturated heterocycles. The molecule has 0 spiro atoms. The van der Waals surface area contributed by atoms with E-state index >= 15 is 0 Å². The summed E-state index contributed by atoms with van der Waals surface area (Å²) in [5.41, 5.74) is 5.76. The number of nitrogens with two attached hydrogens (primary N) is 1. The lowest BCUT2D eigenvalue weighted by Gasteiger charge is -1.89. The van der Waals surface area contributed by atoms with E-state index in [-0.39, 0.29) is 0 Å². The van der Waals surface area contributed by atoms with Crippen LogP contribution in [-0.2, 0) is 4.79 Å². The zero-order valence-corrected chi connectivity index (χ0v) is 5.05. The van der Waals surface area contributed by atoms with E-state index in [9.17, 15) is 4.79 Å². The maximum absolute atomic E-state index is 9.98. The molecule has 0 amide bonds. The van der Waals surface area contributed by atoms with Gasteiger partial charge in [0.05, 0.1) is 0 Å². The molecule has 0 aliphatic rings. The summed E-state index contributed by atoms with van der Waals surface area (Å²) in [5.74, 6) is 0. The van der Waals surface area contributed by atoms with E-state index in [0.717, 1.165) is 19.1 Å². The van der Waals surface area contributed by atoms with Crippen LogP contribution in [0.25, 0.3) is 0 Å². The second kappa shape index (κ2) is 4.37. The highest BCUT2D eigenvalue weighted by molar-refractivity contribution is 5.72. The topological polar surface area (TPSA) is 43.1 Å². The van der Waals surface area contributed by atoms with Crippen LogP contribution in [0.3, 0.4) is 0 Å². The molecule has 2 nitrogen and oxygen atoms in total. The monoisotopic (exact) mass is 113 g/mol. The van der Waals surface area contributed by atoms with Crippen LogP contribution in [0.5, 0.6) is 0 Å². The van der Waals surface area contributed by atoms with Gasteiger partial charge in [0.25, 0.3) is 0 Å². The van der Waals surface area contributed by atoms with Gasteiger partial charge in [-0.3, -0.25) is 4.79 Å². The number of carbonyl (C=O) groups is 1. The van der Waals surface area contributed by atoms with Gasteiger partial charge in [-0.25, -0.2) is 0 Å². The van der Waals surface area contributed by atoms with Crippen LogP contribution in [0, 0.1) is 0 Å². The van der Waals surface area contributed by atoms with Crippen molar-refractivity contribution in [2.45, 2.75) is 19.8 Å². The largest absolute Gasteiger partial charge is 0.404 e. The highest BCUT2D eigenvalue weighted by atomic mass is 16.1. The van der Waals surface area contributed by atoms with Crippen molar-refractivity contribution < 1.29 is 4.79 Å². The maximum atomic E-state index is 9.98. The van der Waals surface area contributed by atoms with Gasteiger partial charge < -0.3 is 5.73 Å². The summed E-state index contributed by atoms with van der Waals surface area (Å²) in [6.45, 7) is 2.01. The summed E-state index contributed by atoms with van der Waals surface area (Å²) in [6, 6.07) is 0. The van der Waals surface area contributed by atoms with E-state index < -0.39 is 0 Å². The molecule has 0 aliphatic heterocycles. The highest BCUT2D eigenvalue weighted by Gasteiger charge is 1.87. The first-order valence-corrected chi connectivity index (χ1v) is 2.71. The lowest BCUT2D eigenvalue weighted by Crippen LogP contribution is -1.89. The van der Waals surface area contributed by atoms with Crippen LogP contribution in [0.15, 0.2) is 11.8 Å². The molecule has 0 aliphatic carbocycles. The van der Waals surface area contributed by atoms with Gasteiger partial charge >= 0.3 is 0 Å². The quantitative estimate of drug-likeness (QED) is 0.435. The molecule has 0 heterocycles. The summed E-state index contributed by atoms with van der Waals surface area (Å²) >= 11 is 0. The van der Waals surface area contributed by atoms with Gasteiger partial charge in [0.15, 0.2) is 0 Å². The van der Waals surface area contributed by atoms with E-state index in [1.165, 1.54) is 6.20 Å². The van der Waals surface area contributed by atoms with Crippen LogP contribution in [0.2, 0.25) is 0 Å². The number of allylic oxidation sites excluding steroid dienone is 1. The Balaban J connectivity index is 3.54. The number of aldehydes is 1. The van der Waals surface area contributed by atoms with Crippen LogP contribution < -0.4 is 5.73 Å². The molecule has 0 atom stereocenters. The average molecular weight is 113 g/mol. The molecule has 8 heavy (non-hydrogen) atoms. The summed E-state index contributed by atoms with van der Waals surface area (Å²) in [6.07, 6.45) is 3.92. The fraction of sp³-hybridized carbons (Fsp3) is 0.500. The molecule has 0 rings (SSSR count). The summed E-state index contributed by atoms with van der Waals surface area (Å²) in [4.78, 5) is 9.98. The van der Waals surface area contributed by atoms with Crippen molar-refractivity contribution in [1.82, 2.24) is 0 Å². The summed E-state index contributed by atoms with van der Waals surface area (Å²) in [5, 5.41) is 0. The summed E-state index contributed by atoms with van der Waals surface area (Å²) in [7, 11) is 0. The minimum Gasteiger partial charge on any atom is -0.404 e. The molecule has 0 unspecified atom stereocenters. The van der Waals surface area contributed by atoms with Crippen molar-refractivity contribution >= 4 is 6.29 Å². The SMILES string of the molecule is CCC/C(C=O)=C/N. The third kappa shape index (κ3) is 2.39. The van der Waals surface area contributed by atoms with Crippen molar-refractivity contribution in [2.75, 3.05) is 0 Å². The van der Waals surface area contributed by atoms with Gasteiger partial charge in [-0.2, -0.15) is 0 Å². The average Bonchev–Trinajstić information content (AvgIpc) is 1.83. The van der Waals surface area contributed by atoms with Crippen molar-refractivity contribution in [2.24, 2.45) is 5.73 Å². The van der Waals surface area contributed by atoms with Gasteiger partial charge in [0, 0.05) is 11.8 Å². The van der Waals surface area contributed by atoms with Crippen molar-refractivity contribution in [3.63, 3.8) is 0 Å². The zero-order valence-electron chi connectivity index (χ0n) is 5.05. The molecular formula is C6H11NO. The van der Waals surface area contributed by atoms with Crippen LogP contribution in [0.4, 0.5) is 0 Å². The Labute approximate surface area is 49.4 Å². The van der Waals surface area contributed by atoms with E-state index in [2.05, 4.69) is 0 Å². The van der Waals surface area contributed by atoms with E-state index in [4.69, 9.17) is 5.73 Å². The number of hydrogen-bond donors (Lipinski definition) is 1. The normalized spacial score (nSPS) is 11.4. The first-order valence-electron chi connectivity index (χ1n) is 2.71. The Morgan fingerprint density at radius 1 is 1.75 bits per heavy atom. The van der Waals surface area contributed by atoms with Crippen molar-refractivity contribution in [3.8, 4) is 0 Å². The molecule has 0 fully saturated rings. The van der Waals surface area contributed by atoms with Crippen LogP contribution in [0.1, 0.15) is 19.8 Å². The van der Waals surface area contributed by atoms with Gasteiger partial charge in [-0.15, -0.1) is 0 Å². The van der Waals surface area contributed by atoms with E-state index in [1.807, 2.05) is 6.92 Å². The molecule has 0 radical (unpaired) electrons. The molecule has 0 saturated carbocycles. The van der Waals surface area contributed by atoms with E-state index in [0.29, 0.717) is 5.57 Å². The second-order valence-electron chi connectivity index (χ2n) is 1.61. The molecule has 2 heteroatoms. The van der Waals surface area contributed by atoms with Gasteiger partial charge in [0.2, 0.25) is 0 Å². The molecule has 0 bridgehead atoms. The Morgan fingerprint density at radius 2 is 2.38 bits per heavy atom. The third-order valence-electron chi connectivity index (χ3n) is 0.904. The van der Waals surface area contributed by atoms with Crippen molar-refractivity contribution in [3.05, 3.63) is 11.8 Å². The number of carbonyl (C=O) groups excluding carboxylic acids is 1. The van der Waals surface area contributed by atoms with Gasteiger partial charge in [0.1, 0.15) is 6.29 Å². The summed E-state index contributed by atoms with van der Waals surface area (Å²) < 4.78 is 0. The number of hydrogen-bond acceptors (Lipinski definition) is 2. The Morgan fingerprint density at radius 3 is 2.50 bits per heavy atom. The molecule has 46 valence electrons. The predicted molar refractivity (Wildman–Crippen MR) is 33.2 cm³/mol. The predicted octanol–water partition coefficient (Wildman–Crippen LogP) is 0.828. The Bertz CT molecular complexity index is 96.7. The Kier molecular flexibility index (Phi) is 3.94. The minimum atomic E-state index is 0.688. The molecule has 2 N–H and O–H groups in total. The molecule has 0 aromatic carbocycles. The second-order valence-corrected chi connectivity index (χ2v) is 1.61. The molecule has 0 aromatic heterocycles. The Hall–Kier alpha value is -0.790. The fourth-order valence-corrected chi connectivity index (χ4v) is 0.470. The smallest absolute Gasteiger partial charge is 0.147 e. The van der Waals surface area contributed by atoms with Crippen LogP contribution >= 0.6 is 0 Å². The van der Waals surface area contributed by atoms with Gasteiger partial charge in [-0.05, 0) is 6.42 Å². The molecular weight excluding hydrogens is 102 g/mol. The van der Waals surface area contributed by atoms with E-state index in [1.54, 1.807) is 0 Å². The first kappa shape index (κ1) is 7.21. The van der Waals surface area contributed by atoms with Crippen LogP contribution in [-0.4, -0.2) is 6.29 Å². The highest BCUT2D eigenvalue weighted by Crippen LogP contribution is 1.97. The minimum absolute atomic E-state index is 0.688. The number of rotatable bonds is 3. The van der Waals surface area contributed by atoms with Crippen molar-refractivity contribution in [1.29, 1.82) is 0 Å². The lowest BCUT2D eigenvalue weighted by molar-refractivity contribution is -0.105. The van der Waals surface area contributed by atoms with Gasteiger partial charge in [-0.1, -0.05) is 13.3 Å². The zero-order chi connectivity index (χ0) is 6.41. The third-order valence-corrected chi connectivity index (χ3v) is 0.904. The maximum Gasteiger partial charge on any atom is 0.147 e. The fourth-order valence-electron chi connectivity index (χ4n) is 0.470. The standard InChI is InChI=1S/C6H11NO/c1-2-3-6(4-7)5-8/h4-5H,2-3,7H2,1H3/b6-4-. The first-order chi connectivity index (χ1) is 3.85.